The van der Waals surface area contributed by atoms with Crippen molar-refractivity contribution in [2.24, 2.45) is 5.41 Å². The van der Waals surface area contributed by atoms with E-state index < -0.39 is 0 Å². The maximum atomic E-state index is 4.48. The van der Waals surface area contributed by atoms with Crippen molar-refractivity contribution < 1.29 is 0 Å². The Morgan fingerprint density at radius 2 is 2.04 bits per heavy atom. The number of hydrogen-bond donors (Lipinski definition) is 3. The van der Waals surface area contributed by atoms with E-state index in [-0.39, 0.29) is 5.41 Å². The number of aromatic amines is 1. The fourth-order valence-corrected chi connectivity index (χ4v) is 2.71. The number of H-pyrrole nitrogens is 1. The van der Waals surface area contributed by atoms with Gasteiger partial charge in [-0.25, -0.2) is 9.97 Å². The molecule has 0 radical (unpaired) electrons. The summed E-state index contributed by atoms with van der Waals surface area (Å²) in [5.41, 5.74) is 2.48. The van der Waals surface area contributed by atoms with Gasteiger partial charge in [-0.3, -0.25) is 0 Å². The van der Waals surface area contributed by atoms with E-state index in [9.17, 15) is 0 Å². The molecule has 0 saturated heterocycles. The molecule has 0 amide bonds. The van der Waals surface area contributed by atoms with Crippen LogP contribution in [-0.4, -0.2) is 38.8 Å². The van der Waals surface area contributed by atoms with E-state index in [1.165, 1.54) is 0 Å². The third kappa shape index (κ3) is 6.48. The maximum absolute atomic E-state index is 4.48. The minimum atomic E-state index is 0.202. The third-order valence-electron chi connectivity index (χ3n) is 3.16. The summed E-state index contributed by atoms with van der Waals surface area (Å²) in [7, 11) is 0. The number of rotatable bonds is 8. The molecule has 0 aromatic carbocycles. The summed E-state index contributed by atoms with van der Waals surface area (Å²) in [6, 6.07) is 1.89. The highest BCUT2D eigenvalue weighted by molar-refractivity contribution is 7.98. The number of anilines is 2. The highest BCUT2D eigenvalue weighted by Gasteiger charge is 2.10. The fourth-order valence-electron chi connectivity index (χ4n) is 1.84. The molecule has 0 unspecified atom stereocenters. The lowest BCUT2D eigenvalue weighted by molar-refractivity contribution is 0.442. The predicted molar refractivity (Wildman–Crippen MR) is 98.0 cm³/mol. The van der Waals surface area contributed by atoms with E-state index in [1.54, 1.807) is 12.5 Å². The highest BCUT2D eigenvalue weighted by atomic mass is 32.2. The van der Waals surface area contributed by atoms with Crippen LogP contribution in [0.5, 0.6) is 0 Å². The first kappa shape index (κ1) is 17.6. The molecule has 0 aliphatic carbocycles. The van der Waals surface area contributed by atoms with E-state index in [2.05, 4.69) is 51.3 Å². The minimum Gasteiger partial charge on any atom is -0.369 e. The van der Waals surface area contributed by atoms with Crippen molar-refractivity contribution in [2.45, 2.75) is 33.4 Å². The number of hydrogen-bond acceptors (Lipinski definition) is 6. The number of nitrogens with one attached hydrogen (secondary N) is 3. The molecule has 0 bridgehead atoms. The number of thioether (sulfide) groups is 1. The molecule has 0 atom stereocenters. The number of nitrogens with zero attached hydrogens (tertiary/aromatic N) is 3. The Hall–Kier alpha value is -1.76. The number of aryl methyl sites for hydroxylation is 1. The van der Waals surface area contributed by atoms with E-state index in [0.29, 0.717) is 5.95 Å². The third-order valence-corrected chi connectivity index (χ3v) is 4.13. The Balaban J connectivity index is 1.70. The first-order chi connectivity index (χ1) is 10.9. The van der Waals surface area contributed by atoms with Crippen molar-refractivity contribution in [1.29, 1.82) is 0 Å². The average Bonchev–Trinajstić information content (AvgIpc) is 2.90. The molecule has 0 aliphatic rings. The van der Waals surface area contributed by atoms with Crippen LogP contribution in [0.3, 0.4) is 0 Å². The molecule has 0 saturated carbocycles. The molecule has 6 nitrogen and oxygen atoms in total. The molecule has 2 heterocycles. The Morgan fingerprint density at radius 3 is 2.74 bits per heavy atom. The second-order valence-electron chi connectivity index (χ2n) is 6.63. The maximum Gasteiger partial charge on any atom is 0.224 e. The minimum absolute atomic E-state index is 0.202. The van der Waals surface area contributed by atoms with Gasteiger partial charge in [-0.1, -0.05) is 20.8 Å². The standard InChI is InChI=1S/C16H26N6S/c1-12-13(21-11-20-12)9-23-8-7-17-14-5-6-18-15(22-14)19-10-16(2,3)4/h5-6,11H,7-10H2,1-4H3,(H,20,21)(H2,17,18,19,22). The monoisotopic (exact) mass is 334 g/mol. The van der Waals surface area contributed by atoms with Gasteiger partial charge in [-0.2, -0.15) is 16.7 Å². The molecular weight excluding hydrogens is 308 g/mol. The number of imidazole rings is 1. The van der Waals surface area contributed by atoms with Crippen LogP contribution in [0.4, 0.5) is 11.8 Å². The van der Waals surface area contributed by atoms with E-state index in [1.807, 2.05) is 24.8 Å². The summed E-state index contributed by atoms with van der Waals surface area (Å²) >= 11 is 1.86. The van der Waals surface area contributed by atoms with Crippen LogP contribution >= 0.6 is 11.8 Å². The first-order valence-corrected chi connectivity index (χ1v) is 8.97. The summed E-state index contributed by atoms with van der Waals surface area (Å²) in [4.78, 5) is 16.1. The van der Waals surface area contributed by atoms with Gasteiger partial charge in [0.15, 0.2) is 0 Å². The molecular formula is C16H26N6S. The van der Waals surface area contributed by atoms with Crippen LogP contribution in [-0.2, 0) is 5.75 Å². The molecule has 2 rings (SSSR count). The normalized spacial score (nSPS) is 11.5. The van der Waals surface area contributed by atoms with Crippen LogP contribution in [0.25, 0.3) is 0 Å². The zero-order chi connectivity index (χ0) is 16.7. The Labute approximate surface area is 142 Å². The van der Waals surface area contributed by atoms with Crippen LogP contribution in [0.15, 0.2) is 18.6 Å². The molecule has 0 fully saturated rings. The molecule has 23 heavy (non-hydrogen) atoms. The van der Waals surface area contributed by atoms with Crippen molar-refractivity contribution >= 4 is 23.5 Å². The molecule has 2 aromatic rings. The van der Waals surface area contributed by atoms with Gasteiger partial charge in [0.05, 0.1) is 12.0 Å². The zero-order valence-electron chi connectivity index (χ0n) is 14.3. The lowest BCUT2D eigenvalue weighted by Crippen LogP contribution is -2.20. The second kappa shape index (κ2) is 8.19. The van der Waals surface area contributed by atoms with Crippen molar-refractivity contribution in [3.05, 3.63) is 30.0 Å². The largest absolute Gasteiger partial charge is 0.369 e. The predicted octanol–water partition coefficient (Wildman–Crippen LogP) is 3.31. The highest BCUT2D eigenvalue weighted by Crippen LogP contribution is 2.15. The lowest BCUT2D eigenvalue weighted by atomic mass is 9.97. The van der Waals surface area contributed by atoms with Gasteiger partial charge >= 0.3 is 0 Å². The molecule has 3 N–H and O–H groups in total. The fraction of sp³-hybridized carbons (Fsp3) is 0.562. The van der Waals surface area contributed by atoms with Gasteiger partial charge < -0.3 is 15.6 Å². The van der Waals surface area contributed by atoms with Gasteiger partial charge in [0.2, 0.25) is 5.95 Å². The van der Waals surface area contributed by atoms with Crippen molar-refractivity contribution in [3.8, 4) is 0 Å². The summed E-state index contributed by atoms with van der Waals surface area (Å²) in [5, 5.41) is 6.61. The molecule has 0 spiro atoms. The van der Waals surface area contributed by atoms with Gasteiger partial charge in [0.1, 0.15) is 5.82 Å². The van der Waals surface area contributed by atoms with Gasteiger partial charge in [-0.15, -0.1) is 0 Å². The van der Waals surface area contributed by atoms with Crippen LogP contribution in [0.2, 0.25) is 0 Å². The van der Waals surface area contributed by atoms with Crippen molar-refractivity contribution in [1.82, 2.24) is 19.9 Å². The average molecular weight is 334 g/mol. The van der Waals surface area contributed by atoms with Crippen LogP contribution < -0.4 is 10.6 Å². The van der Waals surface area contributed by atoms with Gasteiger partial charge in [0, 0.05) is 36.5 Å². The van der Waals surface area contributed by atoms with Crippen molar-refractivity contribution in [2.75, 3.05) is 29.5 Å². The second-order valence-corrected chi connectivity index (χ2v) is 7.74. The topological polar surface area (TPSA) is 78.5 Å². The van der Waals surface area contributed by atoms with Gasteiger partial charge in [0.25, 0.3) is 0 Å². The summed E-state index contributed by atoms with van der Waals surface area (Å²) < 4.78 is 0. The Kier molecular flexibility index (Phi) is 6.27. The first-order valence-electron chi connectivity index (χ1n) is 7.81. The quantitative estimate of drug-likeness (QED) is 0.643. The molecule has 7 heteroatoms. The van der Waals surface area contributed by atoms with E-state index in [0.717, 1.165) is 41.8 Å². The molecule has 126 valence electrons. The molecule has 2 aromatic heterocycles. The van der Waals surface area contributed by atoms with Crippen molar-refractivity contribution in [3.63, 3.8) is 0 Å². The summed E-state index contributed by atoms with van der Waals surface area (Å²) in [6.07, 6.45) is 3.52. The summed E-state index contributed by atoms with van der Waals surface area (Å²) in [5.74, 6) is 3.46. The number of aromatic nitrogens is 4. The van der Waals surface area contributed by atoms with Crippen LogP contribution in [0, 0.1) is 12.3 Å². The smallest absolute Gasteiger partial charge is 0.224 e. The Bertz CT molecular complexity index is 605. The summed E-state index contributed by atoms with van der Waals surface area (Å²) in [6.45, 7) is 10.3. The Morgan fingerprint density at radius 1 is 1.22 bits per heavy atom. The van der Waals surface area contributed by atoms with Gasteiger partial charge in [-0.05, 0) is 18.4 Å². The van der Waals surface area contributed by atoms with E-state index in [4.69, 9.17) is 0 Å². The molecule has 0 aliphatic heterocycles. The lowest BCUT2D eigenvalue weighted by Gasteiger charge is -2.18. The SMILES string of the molecule is Cc1[nH]cnc1CSCCNc1ccnc(NCC(C)(C)C)n1. The van der Waals surface area contributed by atoms with E-state index >= 15 is 0 Å². The van der Waals surface area contributed by atoms with Crippen LogP contribution in [0.1, 0.15) is 32.2 Å². The zero-order valence-corrected chi connectivity index (χ0v) is 15.1.